The molecule has 0 spiro atoms. The number of methoxy groups -OCH3 is 1. The lowest BCUT2D eigenvalue weighted by Gasteiger charge is -2.13. The Labute approximate surface area is 201 Å². The molecule has 1 aliphatic rings. The van der Waals surface area contributed by atoms with Crippen molar-refractivity contribution in [2.24, 2.45) is 0 Å². The van der Waals surface area contributed by atoms with Gasteiger partial charge in [-0.1, -0.05) is 42.5 Å². The Balaban J connectivity index is 1.45. The zero-order valence-corrected chi connectivity index (χ0v) is 18.8. The molecule has 0 aliphatic carbocycles. The Bertz CT molecular complexity index is 1310. The molecule has 3 aromatic rings. The number of urea groups is 1. The van der Waals surface area contributed by atoms with Gasteiger partial charge in [0.2, 0.25) is 5.91 Å². The number of hydrogen-bond acceptors (Lipinski definition) is 5. The SMILES string of the molecule is COc1ccccc1NC(=O)CN1C(=O)N/C(=C/c2ccccc2OCc2cccc(F)c2)C1=O. The second-order valence-electron chi connectivity index (χ2n) is 7.58. The van der Waals surface area contributed by atoms with Gasteiger partial charge >= 0.3 is 6.03 Å². The third kappa shape index (κ3) is 5.64. The van der Waals surface area contributed by atoms with Gasteiger partial charge in [-0.05, 0) is 42.0 Å². The number of nitrogens with one attached hydrogen (secondary N) is 2. The van der Waals surface area contributed by atoms with Crippen LogP contribution in [-0.2, 0) is 16.2 Å². The van der Waals surface area contributed by atoms with Crippen molar-refractivity contribution in [3.05, 3.63) is 95.4 Å². The summed E-state index contributed by atoms with van der Waals surface area (Å²) in [6, 6.07) is 19.1. The van der Waals surface area contributed by atoms with Gasteiger partial charge in [-0.2, -0.15) is 0 Å². The second kappa shape index (κ2) is 10.5. The van der Waals surface area contributed by atoms with Crippen molar-refractivity contribution in [2.45, 2.75) is 6.61 Å². The van der Waals surface area contributed by atoms with Crippen LogP contribution in [0.15, 0.2) is 78.5 Å². The van der Waals surface area contributed by atoms with Crippen LogP contribution < -0.4 is 20.1 Å². The summed E-state index contributed by atoms with van der Waals surface area (Å²) >= 11 is 0. The highest BCUT2D eigenvalue weighted by molar-refractivity contribution is 6.16. The van der Waals surface area contributed by atoms with E-state index >= 15 is 0 Å². The van der Waals surface area contributed by atoms with Gasteiger partial charge in [0.05, 0.1) is 12.8 Å². The van der Waals surface area contributed by atoms with E-state index in [1.54, 1.807) is 60.7 Å². The molecule has 0 aromatic heterocycles. The number of benzene rings is 3. The normalized spacial score (nSPS) is 14.1. The van der Waals surface area contributed by atoms with Crippen LogP contribution in [0.25, 0.3) is 6.08 Å². The second-order valence-corrected chi connectivity index (χ2v) is 7.58. The molecule has 0 unspecified atom stereocenters. The zero-order valence-electron chi connectivity index (χ0n) is 18.8. The quantitative estimate of drug-likeness (QED) is 0.380. The highest BCUT2D eigenvalue weighted by Crippen LogP contribution is 2.25. The minimum absolute atomic E-state index is 0.00176. The summed E-state index contributed by atoms with van der Waals surface area (Å²) in [5.74, 6) is -0.675. The summed E-state index contributed by atoms with van der Waals surface area (Å²) in [6.45, 7) is -0.356. The van der Waals surface area contributed by atoms with Crippen molar-refractivity contribution in [3.63, 3.8) is 0 Å². The van der Waals surface area contributed by atoms with Gasteiger partial charge in [0.15, 0.2) is 0 Å². The summed E-state index contributed by atoms with van der Waals surface area (Å²) in [5, 5.41) is 5.13. The minimum atomic E-state index is -0.713. The first kappa shape index (κ1) is 23.5. The van der Waals surface area contributed by atoms with Crippen molar-refractivity contribution in [2.75, 3.05) is 19.0 Å². The van der Waals surface area contributed by atoms with Crippen LogP contribution in [0.5, 0.6) is 11.5 Å². The molecule has 1 aliphatic heterocycles. The van der Waals surface area contributed by atoms with Gasteiger partial charge in [0.1, 0.15) is 36.2 Å². The minimum Gasteiger partial charge on any atom is -0.495 e. The van der Waals surface area contributed by atoms with E-state index in [1.165, 1.54) is 25.3 Å². The Morgan fingerprint density at radius 3 is 2.54 bits per heavy atom. The van der Waals surface area contributed by atoms with Gasteiger partial charge in [-0.3, -0.25) is 9.59 Å². The Hall–Kier alpha value is -4.66. The zero-order chi connectivity index (χ0) is 24.8. The summed E-state index contributed by atoms with van der Waals surface area (Å²) in [6.07, 6.45) is 1.47. The number of imide groups is 1. The van der Waals surface area contributed by atoms with Crippen LogP contribution in [0.4, 0.5) is 14.9 Å². The van der Waals surface area contributed by atoms with Crippen LogP contribution >= 0.6 is 0 Å². The lowest BCUT2D eigenvalue weighted by Crippen LogP contribution is -2.38. The molecule has 35 heavy (non-hydrogen) atoms. The average molecular weight is 475 g/mol. The molecule has 9 heteroatoms. The largest absolute Gasteiger partial charge is 0.495 e. The van der Waals surface area contributed by atoms with Crippen molar-refractivity contribution in [1.82, 2.24) is 10.2 Å². The number of carbonyl (C=O) groups excluding carboxylic acids is 3. The van der Waals surface area contributed by atoms with Gasteiger partial charge in [0, 0.05) is 5.56 Å². The maximum atomic E-state index is 13.4. The summed E-state index contributed by atoms with van der Waals surface area (Å²) in [4.78, 5) is 38.5. The number of carbonyl (C=O) groups is 3. The smallest absolute Gasteiger partial charge is 0.329 e. The molecule has 0 bridgehead atoms. The van der Waals surface area contributed by atoms with Crippen molar-refractivity contribution in [1.29, 1.82) is 0 Å². The van der Waals surface area contributed by atoms with E-state index in [9.17, 15) is 18.8 Å². The van der Waals surface area contributed by atoms with E-state index in [4.69, 9.17) is 9.47 Å². The van der Waals surface area contributed by atoms with E-state index in [-0.39, 0.29) is 18.1 Å². The van der Waals surface area contributed by atoms with Gasteiger partial charge in [-0.25, -0.2) is 14.1 Å². The van der Waals surface area contributed by atoms with E-state index in [0.29, 0.717) is 28.3 Å². The van der Waals surface area contributed by atoms with Crippen molar-refractivity contribution in [3.8, 4) is 11.5 Å². The van der Waals surface area contributed by atoms with Crippen molar-refractivity contribution < 1.29 is 28.2 Å². The standard InChI is InChI=1S/C26H22FN3O5/c1-34-23-12-5-3-10-20(23)28-24(31)15-30-25(32)21(29-26(30)33)14-18-8-2-4-11-22(18)35-16-17-7-6-9-19(27)13-17/h2-14H,15-16H2,1H3,(H,28,31)(H,29,33)/b21-14+. The lowest BCUT2D eigenvalue weighted by molar-refractivity contribution is -0.127. The molecule has 4 amide bonds. The number of amides is 4. The number of hydrogen-bond donors (Lipinski definition) is 2. The first-order valence-electron chi connectivity index (χ1n) is 10.7. The third-order valence-corrected chi connectivity index (χ3v) is 5.15. The molecular weight excluding hydrogens is 453 g/mol. The fourth-order valence-corrected chi connectivity index (χ4v) is 3.47. The lowest BCUT2D eigenvalue weighted by atomic mass is 10.1. The molecule has 0 atom stereocenters. The van der Waals surface area contributed by atoms with E-state index in [2.05, 4.69) is 10.6 Å². The fourth-order valence-electron chi connectivity index (χ4n) is 3.47. The van der Waals surface area contributed by atoms with Crippen molar-refractivity contribution >= 4 is 29.6 Å². The number of ether oxygens (including phenoxy) is 2. The Kier molecular flexibility index (Phi) is 7.06. The third-order valence-electron chi connectivity index (χ3n) is 5.15. The van der Waals surface area contributed by atoms with Gasteiger partial charge in [-0.15, -0.1) is 0 Å². The molecule has 8 nitrogen and oxygen atoms in total. The molecule has 0 radical (unpaired) electrons. The first-order valence-corrected chi connectivity index (χ1v) is 10.7. The van der Waals surface area contributed by atoms with Crippen LogP contribution in [0, 0.1) is 5.82 Å². The van der Waals surface area contributed by atoms with Crippen LogP contribution in [0.3, 0.4) is 0 Å². The molecular formula is C26H22FN3O5. The van der Waals surface area contributed by atoms with Crippen LogP contribution in [0.1, 0.15) is 11.1 Å². The summed E-state index contributed by atoms with van der Waals surface area (Å²) in [5.41, 5.74) is 1.60. The number of halogens is 1. The predicted octanol–water partition coefficient (Wildman–Crippen LogP) is 3.94. The molecule has 4 rings (SSSR count). The Morgan fingerprint density at radius 2 is 1.77 bits per heavy atom. The summed E-state index contributed by atoms with van der Waals surface area (Å²) < 4.78 is 24.4. The van der Waals surface area contributed by atoms with Gasteiger partial charge in [0.25, 0.3) is 5.91 Å². The predicted molar refractivity (Wildman–Crippen MR) is 127 cm³/mol. The highest BCUT2D eigenvalue weighted by atomic mass is 19.1. The number of para-hydroxylation sites is 3. The van der Waals surface area contributed by atoms with Gasteiger partial charge < -0.3 is 20.1 Å². The highest BCUT2D eigenvalue weighted by Gasteiger charge is 2.35. The molecule has 3 aromatic carbocycles. The van der Waals surface area contributed by atoms with Crippen LogP contribution in [-0.4, -0.2) is 36.4 Å². The number of rotatable bonds is 8. The van der Waals surface area contributed by atoms with Crippen LogP contribution in [0.2, 0.25) is 0 Å². The topological polar surface area (TPSA) is 97.0 Å². The molecule has 1 heterocycles. The molecule has 1 saturated heterocycles. The average Bonchev–Trinajstić information content (AvgIpc) is 3.11. The van der Waals surface area contributed by atoms with E-state index < -0.39 is 24.4 Å². The molecule has 1 fully saturated rings. The molecule has 2 N–H and O–H groups in total. The van der Waals surface area contributed by atoms with E-state index in [0.717, 1.165) is 4.90 Å². The fraction of sp³-hybridized carbons (Fsp3) is 0.115. The maximum absolute atomic E-state index is 13.4. The summed E-state index contributed by atoms with van der Waals surface area (Å²) in [7, 11) is 1.47. The maximum Gasteiger partial charge on any atom is 0.329 e. The monoisotopic (exact) mass is 475 g/mol. The number of anilines is 1. The Morgan fingerprint density at radius 1 is 1.03 bits per heavy atom. The molecule has 178 valence electrons. The van der Waals surface area contributed by atoms with E-state index in [1.807, 2.05) is 0 Å². The number of nitrogens with zero attached hydrogens (tertiary/aromatic N) is 1. The molecule has 0 saturated carbocycles. The first-order chi connectivity index (χ1) is 16.9.